The molecule has 1 fully saturated rings. The van der Waals surface area contributed by atoms with Crippen LogP contribution in [0.15, 0.2) is 84.9 Å². The number of benzene rings is 3. The highest BCUT2D eigenvalue weighted by molar-refractivity contribution is 5.73. The molecule has 1 aliphatic carbocycles. The van der Waals surface area contributed by atoms with Crippen molar-refractivity contribution in [1.82, 2.24) is 9.80 Å². The third kappa shape index (κ3) is 5.29. The molecule has 1 aliphatic heterocycles. The maximum absolute atomic E-state index is 12.9. The van der Waals surface area contributed by atoms with Crippen molar-refractivity contribution in [2.45, 2.75) is 69.8 Å². The minimum Gasteiger partial charge on any atom is -0.378 e. The van der Waals surface area contributed by atoms with Crippen LogP contribution in [0, 0.1) is 5.92 Å². The zero-order chi connectivity index (χ0) is 25.8. The highest BCUT2D eigenvalue weighted by Crippen LogP contribution is 2.39. The minimum atomic E-state index is -1.36. The van der Waals surface area contributed by atoms with E-state index in [1.54, 1.807) is 4.90 Å². The largest absolute Gasteiger partial charge is 0.378 e. The molecule has 0 saturated heterocycles. The minimum absolute atomic E-state index is 0.0266. The van der Waals surface area contributed by atoms with Crippen molar-refractivity contribution in [3.63, 3.8) is 0 Å². The van der Waals surface area contributed by atoms with Gasteiger partial charge in [0.05, 0.1) is 6.04 Å². The van der Waals surface area contributed by atoms with Crippen molar-refractivity contribution in [2.75, 3.05) is 6.54 Å². The molecule has 1 saturated carbocycles. The van der Waals surface area contributed by atoms with Gasteiger partial charge in [0.25, 0.3) is 0 Å². The van der Waals surface area contributed by atoms with Crippen LogP contribution in [0.4, 0.5) is 4.79 Å². The Labute approximate surface area is 220 Å². The van der Waals surface area contributed by atoms with E-state index < -0.39 is 17.7 Å². The first-order valence-corrected chi connectivity index (χ1v) is 13.7. The van der Waals surface area contributed by atoms with Crippen LogP contribution < -0.4 is 5.73 Å². The van der Waals surface area contributed by atoms with E-state index in [-0.39, 0.29) is 6.04 Å². The molecule has 0 radical (unpaired) electrons. The van der Waals surface area contributed by atoms with Gasteiger partial charge in [-0.15, -0.1) is 0 Å². The molecule has 2 aliphatic rings. The van der Waals surface area contributed by atoms with Crippen LogP contribution in [-0.2, 0) is 18.7 Å². The molecule has 5 nitrogen and oxygen atoms in total. The molecule has 1 atom stereocenters. The van der Waals surface area contributed by atoms with E-state index in [9.17, 15) is 9.90 Å². The van der Waals surface area contributed by atoms with E-state index in [1.807, 2.05) is 67.6 Å². The van der Waals surface area contributed by atoms with Gasteiger partial charge in [-0.1, -0.05) is 84.9 Å². The number of aliphatic hydroxyl groups is 1. The van der Waals surface area contributed by atoms with Gasteiger partial charge in [-0.2, -0.15) is 0 Å². The fourth-order valence-electron chi connectivity index (χ4n) is 6.56. The molecule has 2 amide bonds. The van der Waals surface area contributed by atoms with Crippen LogP contribution in [0.25, 0.3) is 0 Å². The number of carbonyl (C=O) groups excluding carboxylic acids is 1. The first-order chi connectivity index (χ1) is 18.0. The summed E-state index contributed by atoms with van der Waals surface area (Å²) < 4.78 is 0. The van der Waals surface area contributed by atoms with Gasteiger partial charge in [0.15, 0.2) is 0 Å². The number of nitrogens with zero attached hydrogens (tertiary/aromatic N) is 2. The van der Waals surface area contributed by atoms with Gasteiger partial charge in [0, 0.05) is 19.1 Å². The standard InChI is InChI=1S/C32H39N3O2/c1-24(32(37,28-12-4-2-5-13-28)29-14-6-3-7-15-29)35(31(33)36)30-18-16-25(17-19-30)20-21-34-22-26-10-8-9-11-27(26)23-34/h2-15,24-25,30,37H,16-23H2,1H3,(H2,33,36). The summed E-state index contributed by atoms with van der Waals surface area (Å²) in [4.78, 5) is 17.2. The average Bonchev–Trinajstić information content (AvgIpc) is 3.36. The fraction of sp³-hybridized carbons (Fsp3) is 0.406. The molecule has 1 unspecified atom stereocenters. The lowest BCUT2D eigenvalue weighted by Crippen LogP contribution is -2.58. The normalized spacial score (nSPS) is 20.8. The highest BCUT2D eigenvalue weighted by atomic mass is 16.3. The highest BCUT2D eigenvalue weighted by Gasteiger charge is 2.44. The number of carbonyl (C=O) groups is 1. The third-order valence-electron chi connectivity index (χ3n) is 8.67. The predicted molar refractivity (Wildman–Crippen MR) is 148 cm³/mol. The number of nitrogens with two attached hydrogens (primary N) is 1. The molecule has 3 N–H and O–H groups in total. The zero-order valence-corrected chi connectivity index (χ0v) is 21.8. The molecule has 0 aromatic heterocycles. The van der Waals surface area contributed by atoms with E-state index >= 15 is 0 Å². The molecule has 5 rings (SSSR count). The Morgan fingerprint density at radius 3 is 1.86 bits per heavy atom. The molecule has 1 heterocycles. The summed E-state index contributed by atoms with van der Waals surface area (Å²) in [7, 11) is 0. The SMILES string of the molecule is CC(N(C(N)=O)C1CCC(CCN2Cc3ccccc3C2)CC1)C(O)(c1ccccc1)c1ccccc1. The number of hydrogen-bond acceptors (Lipinski definition) is 3. The van der Waals surface area contributed by atoms with Crippen molar-refractivity contribution in [3.05, 3.63) is 107 Å². The van der Waals surface area contributed by atoms with E-state index in [0.717, 1.165) is 56.4 Å². The Bertz CT molecular complexity index is 1110. The maximum atomic E-state index is 12.9. The van der Waals surface area contributed by atoms with E-state index in [4.69, 9.17) is 5.73 Å². The van der Waals surface area contributed by atoms with Crippen LogP contribution in [0.2, 0.25) is 0 Å². The van der Waals surface area contributed by atoms with Crippen LogP contribution >= 0.6 is 0 Å². The van der Waals surface area contributed by atoms with Gasteiger partial charge >= 0.3 is 6.03 Å². The number of rotatable bonds is 8. The van der Waals surface area contributed by atoms with Crippen LogP contribution in [-0.4, -0.2) is 39.6 Å². The predicted octanol–water partition coefficient (Wildman–Crippen LogP) is 5.66. The van der Waals surface area contributed by atoms with E-state index in [1.165, 1.54) is 17.5 Å². The second-order valence-electron chi connectivity index (χ2n) is 10.9. The molecule has 0 bridgehead atoms. The van der Waals surface area contributed by atoms with Crippen molar-refractivity contribution in [3.8, 4) is 0 Å². The fourth-order valence-corrected chi connectivity index (χ4v) is 6.56. The van der Waals surface area contributed by atoms with E-state index in [0.29, 0.717) is 5.92 Å². The molecule has 5 heteroatoms. The van der Waals surface area contributed by atoms with Crippen molar-refractivity contribution in [2.24, 2.45) is 11.7 Å². The average molecular weight is 498 g/mol. The second-order valence-corrected chi connectivity index (χ2v) is 10.9. The molecule has 3 aromatic rings. The Hall–Kier alpha value is -3.15. The molecular formula is C32H39N3O2. The van der Waals surface area contributed by atoms with E-state index in [2.05, 4.69) is 29.2 Å². The summed E-state index contributed by atoms with van der Waals surface area (Å²) in [6.07, 6.45) is 5.18. The lowest BCUT2D eigenvalue weighted by atomic mass is 9.78. The summed E-state index contributed by atoms with van der Waals surface area (Å²) in [5.74, 6) is 0.659. The molecule has 0 spiro atoms. The summed E-state index contributed by atoms with van der Waals surface area (Å²) in [5, 5.41) is 12.2. The lowest BCUT2D eigenvalue weighted by Gasteiger charge is -2.46. The quantitative estimate of drug-likeness (QED) is 0.422. The van der Waals surface area contributed by atoms with Gasteiger partial charge in [-0.05, 0) is 73.7 Å². The van der Waals surface area contributed by atoms with Crippen LogP contribution in [0.5, 0.6) is 0 Å². The Balaban J connectivity index is 1.26. The topological polar surface area (TPSA) is 69.8 Å². The Kier molecular flexibility index (Phi) is 7.63. The van der Waals surface area contributed by atoms with Crippen molar-refractivity contribution >= 4 is 6.03 Å². The molecule has 194 valence electrons. The van der Waals surface area contributed by atoms with Gasteiger partial charge < -0.3 is 15.7 Å². The van der Waals surface area contributed by atoms with Gasteiger partial charge in [-0.25, -0.2) is 4.79 Å². The number of fused-ring (bicyclic) bond motifs is 1. The summed E-state index contributed by atoms with van der Waals surface area (Å²) in [6.45, 7) is 5.15. The van der Waals surface area contributed by atoms with Gasteiger partial charge in [0.1, 0.15) is 5.60 Å². The monoisotopic (exact) mass is 497 g/mol. The van der Waals surface area contributed by atoms with Crippen LogP contribution in [0.3, 0.4) is 0 Å². The third-order valence-corrected chi connectivity index (χ3v) is 8.67. The molecule has 3 aromatic carbocycles. The molecular weight excluding hydrogens is 458 g/mol. The van der Waals surface area contributed by atoms with Gasteiger partial charge in [-0.3, -0.25) is 4.90 Å². The number of hydrogen-bond donors (Lipinski definition) is 2. The summed E-state index contributed by atoms with van der Waals surface area (Å²) >= 11 is 0. The van der Waals surface area contributed by atoms with Crippen molar-refractivity contribution in [1.29, 1.82) is 0 Å². The Morgan fingerprint density at radius 1 is 0.892 bits per heavy atom. The zero-order valence-electron chi connectivity index (χ0n) is 21.8. The maximum Gasteiger partial charge on any atom is 0.315 e. The summed E-state index contributed by atoms with van der Waals surface area (Å²) in [5.41, 5.74) is 9.09. The smallest absolute Gasteiger partial charge is 0.315 e. The van der Waals surface area contributed by atoms with Crippen LogP contribution in [0.1, 0.15) is 61.3 Å². The first-order valence-electron chi connectivity index (χ1n) is 13.7. The number of primary amides is 1. The number of amides is 2. The lowest BCUT2D eigenvalue weighted by molar-refractivity contribution is -0.0174. The Morgan fingerprint density at radius 2 is 1.38 bits per heavy atom. The van der Waals surface area contributed by atoms with Gasteiger partial charge in [0.2, 0.25) is 0 Å². The molecule has 37 heavy (non-hydrogen) atoms. The second kappa shape index (κ2) is 11.1. The summed E-state index contributed by atoms with van der Waals surface area (Å²) in [6, 6.07) is 27.1. The van der Waals surface area contributed by atoms with Crippen molar-refractivity contribution < 1.29 is 9.90 Å². The first kappa shape index (κ1) is 25.5. The number of urea groups is 1.